The van der Waals surface area contributed by atoms with Crippen LogP contribution in [0, 0.1) is 23.2 Å². The summed E-state index contributed by atoms with van der Waals surface area (Å²) in [6.07, 6.45) is 8.84. The zero-order chi connectivity index (χ0) is 20.0. The van der Waals surface area contributed by atoms with Crippen LogP contribution in [0.2, 0.25) is 0 Å². The summed E-state index contributed by atoms with van der Waals surface area (Å²) in [4.78, 5) is 28.6. The maximum atomic E-state index is 13.7. The Balaban J connectivity index is 1.24. The van der Waals surface area contributed by atoms with Crippen LogP contribution in [0.5, 0.6) is 0 Å². The number of carbonyl (C=O) groups is 2. The summed E-state index contributed by atoms with van der Waals surface area (Å²) < 4.78 is 0. The normalized spacial score (nSPS) is 36.2. The lowest BCUT2D eigenvalue weighted by Crippen LogP contribution is -2.57. The Morgan fingerprint density at radius 3 is 2.31 bits per heavy atom. The van der Waals surface area contributed by atoms with Crippen molar-refractivity contribution < 1.29 is 9.59 Å². The SMILES string of the molecule is NC(CNC(=O)C1CCCN1C(=O)C12CC3CC(CC(C3)C1)C2)c1ccccc1. The molecule has 0 spiro atoms. The van der Waals surface area contributed by atoms with Crippen molar-refractivity contribution >= 4 is 11.8 Å². The molecule has 4 saturated carbocycles. The molecule has 1 heterocycles. The molecule has 5 aliphatic rings. The molecule has 4 bridgehead atoms. The molecule has 29 heavy (non-hydrogen) atoms. The van der Waals surface area contributed by atoms with Gasteiger partial charge in [0.25, 0.3) is 0 Å². The van der Waals surface area contributed by atoms with Gasteiger partial charge in [-0.3, -0.25) is 9.59 Å². The van der Waals surface area contributed by atoms with Crippen LogP contribution in [-0.4, -0.2) is 35.8 Å². The van der Waals surface area contributed by atoms with Gasteiger partial charge in [-0.1, -0.05) is 30.3 Å². The monoisotopic (exact) mass is 395 g/mol. The molecule has 4 aliphatic carbocycles. The Morgan fingerprint density at radius 2 is 1.69 bits per heavy atom. The average molecular weight is 396 g/mol. The molecule has 2 amide bonds. The minimum Gasteiger partial charge on any atom is -0.352 e. The van der Waals surface area contributed by atoms with Crippen LogP contribution in [0.25, 0.3) is 0 Å². The van der Waals surface area contributed by atoms with Crippen LogP contribution in [0.4, 0.5) is 0 Å². The number of carbonyl (C=O) groups excluding carboxylic acids is 2. The van der Waals surface area contributed by atoms with Crippen molar-refractivity contribution in [3.8, 4) is 0 Å². The molecule has 5 nitrogen and oxygen atoms in total. The number of hydrogen-bond donors (Lipinski definition) is 2. The molecule has 1 aromatic carbocycles. The highest BCUT2D eigenvalue weighted by molar-refractivity contribution is 5.91. The molecule has 2 unspecified atom stereocenters. The van der Waals surface area contributed by atoms with E-state index in [1.54, 1.807) is 0 Å². The number of hydrogen-bond acceptors (Lipinski definition) is 3. The first-order chi connectivity index (χ1) is 14.0. The van der Waals surface area contributed by atoms with Gasteiger partial charge in [-0.25, -0.2) is 0 Å². The summed E-state index contributed by atoms with van der Waals surface area (Å²) in [6.45, 7) is 1.13. The summed E-state index contributed by atoms with van der Waals surface area (Å²) in [5, 5.41) is 3.02. The fourth-order valence-corrected chi connectivity index (χ4v) is 7.11. The highest BCUT2D eigenvalue weighted by Gasteiger charge is 2.56. The Morgan fingerprint density at radius 1 is 1.07 bits per heavy atom. The van der Waals surface area contributed by atoms with Crippen molar-refractivity contribution in [1.29, 1.82) is 0 Å². The molecule has 5 heteroatoms. The van der Waals surface area contributed by atoms with Crippen LogP contribution < -0.4 is 11.1 Å². The maximum absolute atomic E-state index is 13.7. The number of rotatable bonds is 5. The van der Waals surface area contributed by atoms with Crippen molar-refractivity contribution in [3.63, 3.8) is 0 Å². The average Bonchev–Trinajstić information content (AvgIpc) is 3.20. The second-order valence-electron chi connectivity index (χ2n) is 10.1. The van der Waals surface area contributed by atoms with Gasteiger partial charge < -0.3 is 16.0 Å². The van der Waals surface area contributed by atoms with E-state index in [1.165, 1.54) is 19.3 Å². The van der Waals surface area contributed by atoms with Crippen molar-refractivity contribution in [2.75, 3.05) is 13.1 Å². The van der Waals surface area contributed by atoms with Crippen molar-refractivity contribution in [1.82, 2.24) is 10.2 Å². The molecule has 6 rings (SSSR count). The maximum Gasteiger partial charge on any atom is 0.242 e. The lowest BCUT2D eigenvalue weighted by molar-refractivity contribution is -0.160. The van der Waals surface area contributed by atoms with E-state index in [1.807, 2.05) is 35.2 Å². The van der Waals surface area contributed by atoms with Gasteiger partial charge in [-0.15, -0.1) is 0 Å². The van der Waals surface area contributed by atoms with Crippen LogP contribution >= 0.6 is 0 Å². The van der Waals surface area contributed by atoms with E-state index in [9.17, 15) is 9.59 Å². The molecule has 1 aliphatic heterocycles. The van der Waals surface area contributed by atoms with Crippen molar-refractivity contribution in [2.45, 2.75) is 63.5 Å². The Labute approximate surface area is 173 Å². The second-order valence-corrected chi connectivity index (χ2v) is 10.1. The molecule has 1 saturated heterocycles. The van der Waals surface area contributed by atoms with E-state index >= 15 is 0 Å². The number of nitrogens with zero attached hydrogens (tertiary/aromatic N) is 1. The zero-order valence-corrected chi connectivity index (χ0v) is 17.2. The van der Waals surface area contributed by atoms with Gasteiger partial charge in [0, 0.05) is 19.1 Å². The standard InChI is InChI=1S/C24H33N3O2/c25-20(19-5-2-1-3-6-19)15-26-22(28)21-7-4-8-27(21)23(29)24-12-16-9-17(13-24)11-18(10-16)14-24/h1-3,5-6,16-18,20-21H,4,7-15,25H2,(H,26,28). The molecule has 0 radical (unpaired) electrons. The third kappa shape index (κ3) is 3.48. The topological polar surface area (TPSA) is 75.4 Å². The predicted octanol–water partition coefficient (Wildman–Crippen LogP) is 3.01. The first-order valence-electron chi connectivity index (χ1n) is 11.4. The third-order valence-electron chi connectivity index (χ3n) is 8.03. The van der Waals surface area contributed by atoms with Crippen molar-refractivity contribution in [2.24, 2.45) is 28.9 Å². The molecular weight excluding hydrogens is 362 g/mol. The van der Waals surface area contributed by atoms with Gasteiger partial charge in [0.1, 0.15) is 6.04 Å². The second kappa shape index (κ2) is 7.42. The van der Waals surface area contributed by atoms with E-state index in [0.29, 0.717) is 6.54 Å². The van der Waals surface area contributed by atoms with Gasteiger partial charge in [0.2, 0.25) is 11.8 Å². The highest BCUT2D eigenvalue weighted by atomic mass is 16.2. The third-order valence-corrected chi connectivity index (χ3v) is 8.03. The Hall–Kier alpha value is -1.88. The van der Waals surface area contributed by atoms with Crippen molar-refractivity contribution in [3.05, 3.63) is 35.9 Å². The van der Waals surface area contributed by atoms with Crippen LogP contribution in [0.1, 0.15) is 63.0 Å². The zero-order valence-electron chi connectivity index (χ0n) is 17.2. The fourth-order valence-electron chi connectivity index (χ4n) is 7.11. The van der Waals surface area contributed by atoms with E-state index in [-0.39, 0.29) is 29.3 Å². The smallest absolute Gasteiger partial charge is 0.242 e. The van der Waals surface area contributed by atoms with Crippen LogP contribution in [0.3, 0.4) is 0 Å². The number of nitrogens with one attached hydrogen (secondary N) is 1. The van der Waals surface area contributed by atoms with Gasteiger partial charge in [-0.05, 0) is 74.7 Å². The summed E-state index contributed by atoms with van der Waals surface area (Å²) >= 11 is 0. The number of likely N-dealkylation sites (tertiary alicyclic amines) is 1. The minimum atomic E-state index is -0.321. The Bertz CT molecular complexity index is 742. The lowest BCUT2D eigenvalue weighted by atomic mass is 9.49. The van der Waals surface area contributed by atoms with E-state index in [4.69, 9.17) is 5.73 Å². The van der Waals surface area contributed by atoms with Gasteiger partial charge in [0.05, 0.1) is 5.41 Å². The lowest BCUT2D eigenvalue weighted by Gasteiger charge is -2.56. The molecule has 0 aromatic heterocycles. The van der Waals surface area contributed by atoms with Gasteiger partial charge in [-0.2, -0.15) is 0 Å². The fraction of sp³-hybridized carbons (Fsp3) is 0.667. The quantitative estimate of drug-likeness (QED) is 0.805. The summed E-state index contributed by atoms with van der Waals surface area (Å²) in [5.74, 6) is 2.46. The van der Waals surface area contributed by atoms with Crippen LogP contribution in [-0.2, 0) is 9.59 Å². The molecule has 3 N–H and O–H groups in total. The summed E-state index contributed by atoms with van der Waals surface area (Å²) in [5.41, 5.74) is 7.09. The molecule has 2 atom stereocenters. The first-order valence-corrected chi connectivity index (χ1v) is 11.4. The van der Waals surface area contributed by atoms with Crippen LogP contribution in [0.15, 0.2) is 30.3 Å². The number of amides is 2. The number of nitrogens with two attached hydrogens (primary N) is 1. The predicted molar refractivity (Wildman–Crippen MR) is 112 cm³/mol. The van der Waals surface area contributed by atoms with Gasteiger partial charge >= 0.3 is 0 Å². The highest BCUT2D eigenvalue weighted by Crippen LogP contribution is 2.60. The largest absolute Gasteiger partial charge is 0.352 e. The molecular formula is C24H33N3O2. The molecule has 1 aromatic rings. The van der Waals surface area contributed by atoms with E-state index in [0.717, 1.165) is 62.0 Å². The van der Waals surface area contributed by atoms with Gasteiger partial charge in [0.15, 0.2) is 0 Å². The molecule has 5 fully saturated rings. The minimum absolute atomic E-state index is 0.0352. The summed E-state index contributed by atoms with van der Waals surface area (Å²) in [6, 6.07) is 9.29. The van der Waals surface area contributed by atoms with E-state index in [2.05, 4.69) is 5.32 Å². The number of benzene rings is 1. The Kier molecular flexibility index (Phi) is 4.89. The summed E-state index contributed by atoms with van der Waals surface area (Å²) in [7, 11) is 0. The molecule has 156 valence electrons. The van der Waals surface area contributed by atoms with E-state index < -0.39 is 0 Å². The first kappa shape index (κ1) is 19.1.